The van der Waals surface area contributed by atoms with Crippen LogP contribution in [0.25, 0.3) is 0 Å². The van der Waals surface area contributed by atoms with Crippen LogP contribution in [0.1, 0.15) is 37.1 Å². The lowest BCUT2D eigenvalue weighted by Gasteiger charge is -2.21. The van der Waals surface area contributed by atoms with Crippen molar-refractivity contribution in [3.8, 4) is 0 Å². The monoisotopic (exact) mass is 311 g/mol. The third-order valence-electron chi connectivity index (χ3n) is 3.31. The molecule has 0 aliphatic carbocycles. The number of hydrogen-bond acceptors (Lipinski definition) is 1. The Morgan fingerprint density at radius 3 is 2.05 bits per heavy atom. The molecular weight excluding hydrogens is 296 g/mol. The van der Waals surface area contributed by atoms with Gasteiger partial charge in [0.15, 0.2) is 0 Å². The molecule has 2 atom stereocenters. The van der Waals surface area contributed by atoms with Crippen LogP contribution >= 0.6 is 23.2 Å². The van der Waals surface area contributed by atoms with Crippen molar-refractivity contribution in [1.82, 2.24) is 5.32 Å². The molecule has 0 aliphatic rings. The molecule has 0 amide bonds. The first-order valence-electron chi connectivity index (χ1n) is 6.44. The van der Waals surface area contributed by atoms with Gasteiger partial charge in [0, 0.05) is 17.1 Å². The fourth-order valence-corrected chi connectivity index (χ4v) is 2.42. The van der Waals surface area contributed by atoms with E-state index < -0.39 is 5.82 Å². The molecule has 0 aliphatic heterocycles. The van der Waals surface area contributed by atoms with Crippen LogP contribution < -0.4 is 5.32 Å². The summed E-state index contributed by atoms with van der Waals surface area (Å²) in [6, 6.07) is 12.7. The van der Waals surface area contributed by atoms with E-state index in [2.05, 4.69) is 12.2 Å². The lowest BCUT2D eigenvalue weighted by molar-refractivity contribution is 0.494. The van der Waals surface area contributed by atoms with Crippen molar-refractivity contribution >= 4 is 23.2 Å². The van der Waals surface area contributed by atoms with Gasteiger partial charge >= 0.3 is 0 Å². The molecule has 0 heterocycles. The summed E-state index contributed by atoms with van der Waals surface area (Å²) in [5, 5.41) is 4.32. The van der Waals surface area contributed by atoms with Crippen molar-refractivity contribution in [2.45, 2.75) is 25.9 Å². The molecule has 1 nitrogen and oxygen atoms in total. The second-order valence-corrected chi connectivity index (χ2v) is 5.68. The highest BCUT2D eigenvalue weighted by molar-refractivity contribution is 6.31. The summed E-state index contributed by atoms with van der Waals surface area (Å²) in [7, 11) is 0. The molecule has 0 radical (unpaired) electrons. The van der Waals surface area contributed by atoms with Gasteiger partial charge < -0.3 is 5.32 Å². The second-order valence-electron chi connectivity index (χ2n) is 4.84. The Hall–Kier alpha value is -1.09. The van der Waals surface area contributed by atoms with Gasteiger partial charge in [-0.2, -0.15) is 0 Å². The molecule has 20 heavy (non-hydrogen) atoms. The fraction of sp³-hybridized carbons (Fsp3) is 0.250. The molecule has 0 spiro atoms. The predicted molar refractivity (Wildman–Crippen MR) is 82.8 cm³/mol. The Morgan fingerprint density at radius 2 is 1.45 bits per heavy atom. The maximum Gasteiger partial charge on any atom is 0.141 e. The SMILES string of the molecule is CC(N[C@@H](C)c1ccc(Cl)cc1)c1ccc(F)c(Cl)c1. The lowest BCUT2D eigenvalue weighted by Crippen LogP contribution is -2.22. The lowest BCUT2D eigenvalue weighted by atomic mass is 10.0. The number of rotatable bonds is 4. The fourth-order valence-electron chi connectivity index (χ4n) is 2.10. The zero-order valence-corrected chi connectivity index (χ0v) is 12.8. The highest BCUT2D eigenvalue weighted by Crippen LogP contribution is 2.24. The Morgan fingerprint density at radius 1 is 0.900 bits per heavy atom. The molecule has 2 aromatic carbocycles. The topological polar surface area (TPSA) is 12.0 Å². The van der Waals surface area contributed by atoms with Crippen molar-refractivity contribution in [1.29, 1.82) is 0 Å². The van der Waals surface area contributed by atoms with Crippen molar-refractivity contribution in [3.63, 3.8) is 0 Å². The summed E-state index contributed by atoms with van der Waals surface area (Å²) >= 11 is 11.7. The van der Waals surface area contributed by atoms with Crippen LogP contribution in [0, 0.1) is 5.82 Å². The van der Waals surface area contributed by atoms with Crippen molar-refractivity contribution in [2.75, 3.05) is 0 Å². The maximum atomic E-state index is 13.2. The largest absolute Gasteiger partial charge is 0.304 e. The summed E-state index contributed by atoms with van der Waals surface area (Å²) < 4.78 is 13.2. The van der Waals surface area contributed by atoms with Crippen LogP contribution in [0.2, 0.25) is 10.0 Å². The van der Waals surface area contributed by atoms with Gasteiger partial charge in [-0.3, -0.25) is 0 Å². The minimum absolute atomic E-state index is 0.0683. The van der Waals surface area contributed by atoms with E-state index in [0.717, 1.165) is 16.1 Å². The molecule has 2 aromatic rings. The summed E-state index contributed by atoms with van der Waals surface area (Å²) in [6.07, 6.45) is 0. The van der Waals surface area contributed by atoms with E-state index in [9.17, 15) is 4.39 Å². The number of hydrogen-bond donors (Lipinski definition) is 1. The summed E-state index contributed by atoms with van der Waals surface area (Å²) in [5.74, 6) is -0.395. The first-order chi connectivity index (χ1) is 9.47. The molecule has 0 saturated carbocycles. The van der Waals surface area contributed by atoms with Crippen LogP contribution in [-0.2, 0) is 0 Å². The van der Waals surface area contributed by atoms with Crippen molar-refractivity contribution in [3.05, 3.63) is 69.5 Å². The highest BCUT2D eigenvalue weighted by Gasteiger charge is 2.12. The van der Waals surface area contributed by atoms with Gasteiger partial charge in [-0.1, -0.05) is 41.4 Å². The molecule has 1 unspecified atom stereocenters. The first-order valence-corrected chi connectivity index (χ1v) is 7.19. The molecule has 2 rings (SSSR count). The molecule has 0 fully saturated rings. The molecule has 4 heteroatoms. The van der Waals surface area contributed by atoms with Crippen LogP contribution in [-0.4, -0.2) is 0 Å². The van der Waals surface area contributed by atoms with E-state index in [4.69, 9.17) is 23.2 Å². The number of nitrogens with one attached hydrogen (secondary N) is 1. The van der Waals surface area contributed by atoms with E-state index in [-0.39, 0.29) is 17.1 Å². The van der Waals surface area contributed by atoms with E-state index in [1.807, 2.05) is 31.2 Å². The summed E-state index contributed by atoms with van der Waals surface area (Å²) in [4.78, 5) is 0. The van der Waals surface area contributed by atoms with Gasteiger partial charge in [0.1, 0.15) is 5.82 Å². The Balaban J connectivity index is 2.08. The van der Waals surface area contributed by atoms with E-state index in [1.165, 1.54) is 6.07 Å². The zero-order chi connectivity index (χ0) is 14.7. The van der Waals surface area contributed by atoms with Gasteiger partial charge in [-0.25, -0.2) is 4.39 Å². The summed E-state index contributed by atoms with van der Waals surface area (Å²) in [5.41, 5.74) is 2.10. The van der Waals surface area contributed by atoms with Gasteiger partial charge in [-0.05, 0) is 49.2 Å². The van der Waals surface area contributed by atoms with Crippen LogP contribution in [0.4, 0.5) is 4.39 Å². The molecule has 0 saturated heterocycles. The van der Waals surface area contributed by atoms with Crippen molar-refractivity contribution in [2.24, 2.45) is 0 Å². The van der Waals surface area contributed by atoms with Crippen LogP contribution in [0.15, 0.2) is 42.5 Å². The average Bonchev–Trinajstić information content (AvgIpc) is 2.42. The maximum absolute atomic E-state index is 13.2. The van der Waals surface area contributed by atoms with Gasteiger partial charge in [0.25, 0.3) is 0 Å². The minimum Gasteiger partial charge on any atom is -0.304 e. The number of benzene rings is 2. The Bertz CT molecular complexity index is 584. The molecule has 1 N–H and O–H groups in total. The smallest absolute Gasteiger partial charge is 0.141 e. The third kappa shape index (κ3) is 3.72. The third-order valence-corrected chi connectivity index (χ3v) is 3.86. The Kier molecular flexibility index (Phi) is 5.03. The van der Waals surface area contributed by atoms with Gasteiger partial charge in [0.05, 0.1) is 5.02 Å². The molecular formula is C16H16Cl2FN. The van der Waals surface area contributed by atoms with E-state index in [1.54, 1.807) is 12.1 Å². The molecule has 0 aromatic heterocycles. The van der Waals surface area contributed by atoms with Crippen LogP contribution in [0.3, 0.4) is 0 Å². The predicted octanol–water partition coefficient (Wildman–Crippen LogP) is 5.54. The first kappa shape index (κ1) is 15.3. The summed E-state index contributed by atoms with van der Waals surface area (Å²) in [6.45, 7) is 4.10. The average molecular weight is 312 g/mol. The normalized spacial score (nSPS) is 14.1. The van der Waals surface area contributed by atoms with E-state index in [0.29, 0.717) is 0 Å². The van der Waals surface area contributed by atoms with Gasteiger partial charge in [0.2, 0.25) is 0 Å². The van der Waals surface area contributed by atoms with Gasteiger partial charge in [-0.15, -0.1) is 0 Å². The standard InChI is InChI=1S/C16H16Cl2FN/c1-10(12-3-6-14(17)7-4-12)20-11(2)13-5-8-16(19)15(18)9-13/h3-11,20H,1-2H3/t10-,11?/m0/s1. The molecule has 106 valence electrons. The Labute approximate surface area is 128 Å². The molecule has 0 bridgehead atoms. The zero-order valence-electron chi connectivity index (χ0n) is 11.3. The second kappa shape index (κ2) is 6.57. The van der Waals surface area contributed by atoms with Crippen molar-refractivity contribution < 1.29 is 4.39 Å². The minimum atomic E-state index is -0.395. The van der Waals surface area contributed by atoms with Crippen LogP contribution in [0.5, 0.6) is 0 Å². The highest BCUT2D eigenvalue weighted by atomic mass is 35.5. The van der Waals surface area contributed by atoms with E-state index >= 15 is 0 Å². The quantitative estimate of drug-likeness (QED) is 0.781. The number of halogens is 3.